The summed E-state index contributed by atoms with van der Waals surface area (Å²) in [5.74, 6) is -1.42. The molecule has 4 rings (SSSR count). The Hall–Kier alpha value is -2.47. The third-order valence-electron chi connectivity index (χ3n) is 4.79. The average molecular weight is 377 g/mol. The lowest BCUT2D eigenvalue weighted by Gasteiger charge is -2.32. The summed E-state index contributed by atoms with van der Waals surface area (Å²) in [7, 11) is 0. The molecule has 3 atom stereocenters. The van der Waals surface area contributed by atoms with Crippen LogP contribution in [0.15, 0.2) is 53.5 Å². The maximum absolute atomic E-state index is 14.6. The van der Waals surface area contributed by atoms with Crippen LogP contribution < -0.4 is 5.32 Å². The Balaban J connectivity index is 1.70. The number of fused-ring (bicyclic) bond motifs is 1. The molecule has 1 heterocycles. The molecule has 7 heteroatoms. The van der Waals surface area contributed by atoms with E-state index in [1.54, 1.807) is 36.4 Å². The SMILES string of the molecule is O=C(NC1=N[C@](CF)(c2cccc(Cl)c2F)[C@H]2C[C@H]2O1)c1ccccc1. The molecule has 0 spiro atoms. The van der Waals surface area contributed by atoms with Crippen molar-refractivity contribution in [2.45, 2.75) is 18.1 Å². The Morgan fingerprint density at radius 1 is 1.27 bits per heavy atom. The van der Waals surface area contributed by atoms with Gasteiger partial charge in [-0.2, -0.15) is 0 Å². The van der Waals surface area contributed by atoms with Gasteiger partial charge in [-0.3, -0.25) is 10.1 Å². The number of hydrogen-bond donors (Lipinski definition) is 1. The van der Waals surface area contributed by atoms with Crippen molar-refractivity contribution in [2.75, 3.05) is 6.67 Å². The fourth-order valence-corrected chi connectivity index (χ4v) is 3.53. The molecule has 2 aliphatic rings. The number of carbonyl (C=O) groups excluding carboxylic acids is 1. The lowest BCUT2D eigenvalue weighted by atomic mass is 9.85. The molecule has 4 nitrogen and oxygen atoms in total. The van der Waals surface area contributed by atoms with Crippen LogP contribution in [0.5, 0.6) is 0 Å². The van der Waals surface area contributed by atoms with E-state index >= 15 is 0 Å². The van der Waals surface area contributed by atoms with Crippen molar-refractivity contribution >= 4 is 23.5 Å². The Kier molecular flexibility index (Phi) is 4.15. The lowest BCUT2D eigenvalue weighted by molar-refractivity contribution is 0.0950. The molecule has 0 radical (unpaired) electrons. The Labute approximate surface area is 153 Å². The molecule has 134 valence electrons. The number of nitrogens with zero attached hydrogens (tertiary/aromatic N) is 1. The standard InChI is InChI=1S/C19H15ClF2N2O2/c20-14-8-4-7-12(16(14)22)19(10-21)13-9-15(13)26-18(24-19)23-17(25)11-5-2-1-3-6-11/h1-8,13,15H,9-10H2,(H,23,24,25)/t13-,15+,19+/m0/s1. The first kappa shape index (κ1) is 17.0. The first-order valence-corrected chi connectivity index (χ1v) is 8.56. The molecule has 0 saturated heterocycles. The fraction of sp³-hybridized carbons (Fsp3) is 0.263. The van der Waals surface area contributed by atoms with Crippen molar-refractivity contribution in [2.24, 2.45) is 10.9 Å². The molecule has 1 saturated carbocycles. The molecule has 1 amide bonds. The minimum atomic E-state index is -1.45. The van der Waals surface area contributed by atoms with E-state index in [1.807, 2.05) is 0 Å². The highest BCUT2D eigenvalue weighted by Crippen LogP contribution is 2.54. The molecular weight excluding hydrogens is 362 g/mol. The van der Waals surface area contributed by atoms with E-state index < -0.39 is 23.9 Å². The van der Waals surface area contributed by atoms with Crippen LogP contribution in [0.25, 0.3) is 0 Å². The van der Waals surface area contributed by atoms with Crippen molar-refractivity contribution < 1.29 is 18.3 Å². The molecule has 1 fully saturated rings. The molecule has 0 unspecified atom stereocenters. The van der Waals surface area contributed by atoms with Gasteiger partial charge in [-0.1, -0.05) is 41.9 Å². The number of ether oxygens (including phenoxy) is 1. The topological polar surface area (TPSA) is 50.7 Å². The number of amidine groups is 1. The van der Waals surface area contributed by atoms with E-state index in [0.29, 0.717) is 12.0 Å². The molecule has 0 bridgehead atoms. The van der Waals surface area contributed by atoms with Gasteiger partial charge < -0.3 is 4.74 Å². The quantitative estimate of drug-likeness (QED) is 0.884. The van der Waals surface area contributed by atoms with Crippen molar-refractivity contribution in [3.05, 3.63) is 70.5 Å². The highest BCUT2D eigenvalue weighted by molar-refractivity contribution is 6.30. The van der Waals surface area contributed by atoms with Gasteiger partial charge in [-0.15, -0.1) is 0 Å². The third kappa shape index (κ3) is 2.74. The predicted molar refractivity (Wildman–Crippen MR) is 93.4 cm³/mol. The Morgan fingerprint density at radius 3 is 2.77 bits per heavy atom. The van der Waals surface area contributed by atoms with Crippen LogP contribution in [0.2, 0.25) is 5.02 Å². The maximum atomic E-state index is 14.6. The molecule has 26 heavy (non-hydrogen) atoms. The summed E-state index contributed by atoms with van der Waals surface area (Å²) in [5.41, 5.74) is -0.955. The number of halogens is 3. The third-order valence-corrected chi connectivity index (χ3v) is 5.08. The van der Waals surface area contributed by atoms with Gasteiger partial charge in [0.25, 0.3) is 11.9 Å². The van der Waals surface area contributed by atoms with Crippen molar-refractivity contribution in [3.63, 3.8) is 0 Å². The summed E-state index contributed by atoms with van der Waals surface area (Å²) in [6.45, 7) is -0.917. The summed E-state index contributed by atoms with van der Waals surface area (Å²) in [4.78, 5) is 16.6. The second kappa shape index (κ2) is 6.36. The minimum absolute atomic E-state index is 0.0785. The van der Waals surface area contributed by atoms with Crippen LogP contribution in [0.4, 0.5) is 8.78 Å². The van der Waals surface area contributed by atoms with Crippen LogP contribution in [-0.4, -0.2) is 24.7 Å². The van der Waals surface area contributed by atoms with Gasteiger partial charge in [0.2, 0.25) is 0 Å². The number of aliphatic imine (C=N–C) groups is 1. The summed E-state index contributed by atoms with van der Waals surface area (Å²) in [6, 6.07) is 12.8. The van der Waals surface area contributed by atoms with Gasteiger partial charge in [-0.25, -0.2) is 13.8 Å². The van der Waals surface area contributed by atoms with E-state index in [9.17, 15) is 13.6 Å². The highest BCUT2D eigenvalue weighted by atomic mass is 35.5. The Bertz CT molecular complexity index is 890. The monoisotopic (exact) mass is 376 g/mol. The van der Waals surface area contributed by atoms with Gasteiger partial charge >= 0.3 is 0 Å². The van der Waals surface area contributed by atoms with Gasteiger partial charge in [-0.05, 0) is 24.6 Å². The molecule has 2 aromatic rings. The molecule has 2 aromatic carbocycles. The van der Waals surface area contributed by atoms with Crippen molar-refractivity contribution in [3.8, 4) is 0 Å². The molecule has 1 aliphatic heterocycles. The van der Waals surface area contributed by atoms with Gasteiger partial charge in [0.15, 0.2) is 0 Å². The van der Waals surface area contributed by atoms with E-state index in [4.69, 9.17) is 16.3 Å². The summed E-state index contributed by atoms with van der Waals surface area (Å²) in [6.07, 6.45) is 0.220. The van der Waals surface area contributed by atoms with Gasteiger partial charge in [0, 0.05) is 17.0 Å². The highest BCUT2D eigenvalue weighted by Gasteiger charge is 2.60. The normalized spacial score (nSPS) is 26.3. The number of rotatable bonds is 3. The zero-order valence-corrected chi connectivity index (χ0v) is 14.3. The van der Waals surface area contributed by atoms with Crippen LogP contribution in [0.3, 0.4) is 0 Å². The van der Waals surface area contributed by atoms with E-state index in [2.05, 4.69) is 10.3 Å². The first-order chi connectivity index (χ1) is 12.5. The predicted octanol–water partition coefficient (Wildman–Crippen LogP) is 3.85. The van der Waals surface area contributed by atoms with Crippen LogP contribution in [0.1, 0.15) is 22.3 Å². The Morgan fingerprint density at radius 2 is 2.04 bits per heavy atom. The van der Waals surface area contributed by atoms with Crippen LogP contribution >= 0.6 is 11.6 Å². The van der Waals surface area contributed by atoms with Gasteiger partial charge in [0.05, 0.1) is 5.02 Å². The number of carbonyl (C=O) groups is 1. The second-order valence-electron chi connectivity index (χ2n) is 6.39. The van der Waals surface area contributed by atoms with E-state index in [1.165, 1.54) is 12.1 Å². The van der Waals surface area contributed by atoms with Crippen molar-refractivity contribution in [1.82, 2.24) is 5.32 Å². The summed E-state index contributed by atoms with van der Waals surface area (Å²) >= 11 is 5.87. The lowest BCUT2D eigenvalue weighted by Crippen LogP contribution is -2.43. The summed E-state index contributed by atoms with van der Waals surface area (Å²) < 4.78 is 34.3. The minimum Gasteiger partial charge on any atom is -0.461 e. The van der Waals surface area contributed by atoms with Crippen molar-refractivity contribution in [1.29, 1.82) is 0 Å². The number of amides is 1. The van der Waals surface area contributed by atoms with E-state index in [0.717, 1.165) is 0 Å². The molecule has 1 N–H and O–H groups in total. The fourth-order valence-electron chi connectivity index (χ4n) is 3.35. The molecule has 0 aromatic heterocycles. The van der Waals surface area contributed by atoms with Crippen LogP contribution in [0, 0.1) is 11.7 Å². The number of nitrogens with one attached hydrogen (secondary N) is 1. The molecule has 1 aliphatic carbocycles. The maximum Gasteiger partial charge on any atom is 0.292 e. The number of benzene rings is 2. The number of alkyl halides is 1. The zero-order chi connectivity index (χ0) is 18.3. The average Bonchev–Trinajstić information content (AvgIpc) is 3.44. The summed E-state index contributed by atoms with van der Waals surface area (Å²) in [5, 5.41) is 2.46. The van der Waals surface area contributed by atoms with E-state index in [-0.39, 0.29) is 28.6 Å². The molecular formula is C19H15ClF2N2O2. The van der Waals surface area contributed by atoms with Gasteiger partial charge in [0.1, 0.15) is 24.1 Å². The first-order valence-electron chi connectivity index (χ1n) is 8.18. The largest absolute Gasteiger partial charge is 0.461 e. The van der Waals surface area contributed by atoms with Crippen LogP contribution in [-0.2, 0) is 10.3 Å². The second-order valence-corrected chi connectivity index (χ2v) is 6.80. The number of hydrogen-bond acceptors (Lipinski definition) is 3. The smallest absolute Gasteiger partial charge is 0.292 e. The zero-order valence-electron chi connectivity index (χ0n) is 13.6.